The van der Waals surface area contributed by atoms with Crippen molar-refractivity contribution in [1.82, 2.24) is 24.8 Å². The Morgan fingerprint density at radius 1 is 1.11 bits per heavy atom. The van der Waals surface area contributed by atoms with Crippen molar-refractivity contribution in [3.63, 3.8) is 0 Å². The molecule has 3 aliphatic rings. The summed E-state index contributed by atoms with van der Waals surface area (Å²) in [5.74, 6) is 2.97. The maximum atomic E-state index is 6.46. The molecule has 1 aromatic carbocycles. The number of H-pyrrole nitrogens is 1. The molecule has 3 aromatic rings. The van der Waals surface area contributed by atoms with Gasteiger partial charge in [0, 0.05) is 35.7 Å². The van der Waals surface area contributed by atoms with Crippen molar-refractivity contribution >= 4 is 46.1 Å². The highest BCUT2D eigenvalue weighted by Gasteiger charge is 2.43. The highest BCUT2D eigenvalue weighted by molar-refractivity contribution is 6.35. The summed E-state index contributed by atoms with van der Waals surface area (Å²) in [6.07, 6.45) is 7.04. The van der Waals surface area contributed by atoms with Crippen molar-refractivity contribution in [3.05, 3.63) is 40.1 Å². The number of anilines is 2. The van der Waals surface area contributed by atoms with Crippen molar-refractivity contribution in [1.29, 1.82) is 0 Å². The van der Waals surface area contributed by atoms with Gasteiger partial charge in [-0.05, 0) is 74.1 Å². The molecule has 36 heavy (non-hydrogen) atoms. The Labute approximate surface area is 223 Å². The summed E-state index contributed by atoms with van der Waals surface area (Å²) in [5, 5.41) is 4.78. The summed E-state index contributed by atoms with van der Waals surface area (Å²) in [5.41, 5.74) is 2.99. The van der Waals surface area contributed by atoms with Gasteiger partial charge in [0.15, 0.2) is 11.5 Å². The minimum absolute atomic E-state index is 0.0575. The first-order valence-corrected chi connectivity index (χ1v) is 13.9. The van der Waals surface area contributed by atoms with Crippen molar-refractivity contribution in [2.75, 3.05) is 36.4 Å². The van der Waals surface area contributed by atoms with Crippen LogP contribution in [0.5, 0.6) is 0 Å². The second-order valence-corrected chi connectivity index (χ2v) is 12.6. The van der Waals surface area contributed by atoms with E-state index in [0.29, 0.717) is 27.0 Å². The minimum Gasteiger partial charge on any atom is -0.362 e. The third kappa shape index (κ3) is 4.66. The molecule has 192 valence electrons. The highest BCUT2D eigenvalue weighted by atomic mass is 35.5. The van der Waals surface area contributed by atoms with Crippen LogP contribution in [0.2, 0.25) is 10.0 Å². The summed E-state index contributed by atoms with van der Waals surface area (Å²) < 4.78 is 0. The Bertz CT molecular complexity index is 1240. The summed E-state index contributed by atoms with van der Waals surface area (Å²) in [6.45, 7) is 11.4. The molecule has 0 unspecified atom stereocenters. The third-order valence-corrected chi connectivity index (χ3v) is 9.06. The first kappa shape index (κ1) is 24.3. The van der Waals surface area contributed by atoms with E-state index in [1.807, 2.05) is 12.1 Å². The molecular weight excluding hydrogens is 493 g/mol. The molecule has 2 aromatic heterocycles. The number of likely N-dealkylation sites (tertiary alicyclic amines) is 1. The van der Waals surface area contributed by atoms with Gasteiger partial charge in [-0.2, -0.15) is 9.97 Å². The van der Waals surface area contributed by atoms with E-state index in [1.165, 1.54) is 38.8 Å². The van der Waals surface area contributed by atoms with Gasteiger partial charge in [-0.1, -0.05) is 43.1 Å². The minimum atomic E-state index is -0.0575. The molecule has 0 amide bonds. The van der Waals surface area contributed by atoms with Crippen molar-refractivity contribution < 1.29 is 0 Å². The van der Waals surface area contributed by atoms with Crippen molar-refractivity contribution in [2.45, 2.75) is 58.5 Å². The van der Waals surface area contributed by atoms with Gasteiger partial charge in [-0.15, -0.1) is 0 Å². The normalized spacial score (nSPS) is 23.9. The van der Waals surface area contributed by atoms with Gasteiger partial charge in [0.1, 0.15) is 5.52 Å². The molecule has 1 aliphatic carbocycles. The first-order valence-electron chi connectivity index (χ1n) is 13.2. The Balaban J connectivity index is 1.13. The average Bonchev–Trinajstić information content (AvgIpc) is 3.26. The Morgan fingerprint density at radius 2 is 1.92 bits per heavy atom. The van der Waals surface area contributed by atoms with E-state index < -0.39 is 0 Å². The van der Waals surface area contributed by atoms with Crippen LogP contribution in [-0.4, -0.2) is 57.1 Å². The lowest BCUT2D eigenvalue weighted by molar-refractivity contribution is -0.00912. The van der Waals surface area contributed by atoms with Gasteiger partial charge in [0.05, 0.1) is 12.4 Å². The van der Waals surface area contributed by atoms with E-state index in [4.69, 9.17) is 33.2 Å². The molecule has 9 heteroatoms. The Morgan fingerprint density at radius 3 is 2.67 bits per heavy atom. The fraction of sp³-hybridized carbons (Fsp3) is 0.593. The highest BCUT2D eigenvalue weighted by Crippen LogP contribution is 2.44. The zero-order chi connectivity index (χ0) is 25.0. The van der Waals surface area contributed by atoms with Gasteiger partial charge >= 0.3 is 0 Å². The van der Waals surface area contributed by atoms with E-state index in [0.717, 1.165) is 47.9 Å². The van der Waals surface area contributed by atoms with E-state index in [2.05, 4.69) is 45.9 Å². The molecule has 4 heterocycles. The van der Waals surface area contributed by atoms with E-state index in [9.17, 15) is 0 Å². The molecule has 0 radical (unpaired) electrons. The van der Waals surface area contributed by atoms with E-state index in [-0.39, 0.29) is 6.04 Å². The van der Waals surface area contributed by atoms with Crippen LogP contribution in [-0.2, 0) is 0 Å². The predicted octanol–water partition coefficient (Wildman–Crippen LogP) is 6.17. The number of hydrogen-bond acceptors (Lipinski definition) is 6. The molecule has 0 bridgehead atoms. The molecule has 2 N–H and O–H groups in total. The van der Waals surface area contributed by atoms with E-state index >= 15 is 0 Å². The SMILES string of the molecule is C[C@@H](Nc1nc(N2CC([C@H]3CCCN(C4CC(C)(C)C4)C3)C2)nc2nc[nH]c12)c1ccc(Cl)cc1Cl. The van der Waals surface area contributed by atoms with Crippen LogP contribution in [0.25, 0.3) is 11.2 Å². The molecule has 2 aliphatic heterocycles. The summed E-state index contributed by atoms with van der Waals surface area (Å²) in [7, 11) is 0. The topological polar surface area (TPSA) is 73.0 Å². The summed E-state index contributed by atoms with van der Waals surface area (Å²) in [4.78, 5) is 22.4. The molecule has 7 nitrogen and oxygen atoms in total. The van der Waals surface area contributed by atoms with E-state index in [1.54, 1.807) is 12.4 Å². The van der Waals surface area contributed by atoms with Crippen LogP contribution in [0.3, 0.4) is 0 Å². The third-order valence-electron chi connectivity index (χ3n) is 8.50. The number of aromatic amines is 1. The molecule has 6 rings (SSSR count). The molecule has 2 saturated heterocycles. The monoisotopic (exact) mass is 527 g/mol. The van der Waals surface area contributed by atoms with Gasteiger partial charge < -0.3 is 20.1 Å². The quantitative estimate of drug-likeness (QED) is 0.399. The fourth-order valence-corrected chi connectivity index (χ4v) is 6.98. The predicted molar refractivity (Wildman–Crippen MR) is 147 cm³/mol. The van der Waals surface area contributed by atoms with Crippen LogP contribution in [0.1, 0.15) is 58.1 Å². The van der Waals surface area contributed by atoms with Crippen LogP contribution in [0.15, 0.2) is 24.5 Å². The van der Waals surface area contributed by atoms with Gasteiger partial charge in [-0.25, -0.2) is 4.98 Å². The van der Waals surface area contributed by atoms with Gasteiger partial charge in [0.2, 0.25) is 5.95 Å². The summed E-state index contributed by atoms with van der Waals surface area (Å²) in [6, 6.07) is 6.32. The molecular formula is C27H35Cl2N7. The zero-order valence-corrected chi connectivity index (χ0v) is 22.8. The Hall–Kier alpha value is -2.09. The number of aromatic nitrogens is 4. The number of halogens is 2. The standard InChI is InChI=1S/C27H35Cl2N7/c1-16(21-7-6-19(28)9-22(21)29)32-25-23-24(31-15-30-23)33-26(34-25)36-13-18(14-36)17-5-4-8-35(12-17)20-10-27(2,3)11-20/h6-7,9,15-18,20H,4-5,8,10-14H2,1-3H3,(H2,30,31,32,33,34)/t16-,17+/m1/s1. The number of rotatable bonds is 6. The molecule has 2 atom stereocenters. The van der Waals surface area contributed by atoms with Gasteiger partial charge in [-0.3, -0.25) is 0 Å². The number of benzene rings is 1. The number of imidazole rings is 1. The number of nitrogens with one attached hydrogen (secondary N) is 2. The fourth-order valence-electron chi connectivity index (χ4n) is 6.41. The zero-order valence-electron chi connectivity index (χ0n) is 21.3. The lowest BCUT2D eigenvalue weighted by Crippen LogP contribution is -2.57. The van der Waals surface area contributed by atoms with Crippen LogP contribution in [0.4, 0.5) is 11.8 Å². The number of fused-ring (bicyclic) bond motifs is 1. The second-order valence-electron chi connectivity index (χ2n) is 11.8. The van der Waals surface area contributed by atoms with Crippen molar-refractivity contribution in [3.8, 4) is 0 Å². The molecule has 3 fully saturated rings. The first-order chi connectivity index (χ1) is 17.3. The van der Waals surface area contributed by atoms with Gasteiger partial charge in [0.25, 0.3) is 0 Å². The maximum Gasteiger partial charge on any atom is 0.229 e. The lowest BCUT2D eigenvalue weighted by Gasteiger charge is -2.53. The van der Waals surface area contributed by atoms with Crippen LogP contribution < -0.4 is 10.2 Å². The lowest BCUT2D eigenvalue weighted by atomic mass is 9.67. The Kier molecular flexibility index (Phi) is 6.29. The number of nitrogens with zero attached hydrogens (tertiary/aromatic N) is 5. The number of hydrogen-bond donors (Lipinski definition) is 2. The average molecular weight is 529 g/mol. The number of piperidine rings is 1. The summed E-state index contributed by atoms with van der Waals surface area (Å²) >= 11 is 12.5. The molecule has 1 saturated carbocycles. The molecule has 0 spiro atoms. The second kappa shape index (κ2) is 9.34. The maximum absolute atomic E-state index is 6.46. The smallest absolute Gasteiger partial charge is 0.229 e. The van der Waals surface area contributed by atoms with Crippen LogP contribution in [0, 0.1) is 17.3 Å². The van der Waals surface area contributed by atoms with Crippen LogP contribution >= 0.6 is 23.2 Å². The largest absolute Gasteiger partial charge is 0.362 e. The van der Waals surface area contributed by atoms with Crippen molar-refractivity contribution in [2.24, 2.45) is 17.3 Å².